The van der Waals surface area contributed by atoms with Crippen molar-refractivity contribution in [3.8, 4) is 0 Å². The summed E-state index contributed by atoms with van der Waals surface area (Å²) in [6.45, 7) is 1.80. The second-order valence-corrected chi connectivity index (χ2v) is 5.58. The second-order valence-electron chi connectivity index (χ2n) is 4.66. The third kappa shape index (κ3) is 2.08. The molecule has 2 aromatic rings. The predicted octanol–water partition coefficient (Wildman–Crippen LogP) is 2.51. The van der Waals surface area contributed by atoms with Gasteiger partial charge in [0.25, 0.3) is 0 Å². The lowest BCUT2D eigenvalue weighted by Gasteiger charge is -2.21. The topological polar surface area (TPSA) is 57.8 Å². The Bertz CT molecular complexity index is 587. The minimum absolute atomic E-state index is 0.0942. The van der Waals surface area contributed by atoms with Gasteiger partial charge in [-0.1, -0.05) is 0 Å². The van der Waals surface area contributed by atoms with E-state index in [1.165, 1.54) is 0 Å². The van der Waals surface area contributed by atoms with Crippen molar-refractivity contribution in [2.24, 2.45) is 5.92 Å². The van der Waals surface area contributed by atoms with Crippen molar-refractivity contribution in [3.05, 3.63) is 28.5 Å². The Morgan fingerprint density at radius 1 is 1.50 bits per heavy atom. The number of H-pyrrole nitrogens is 1. The summed E-state index contributed by atoms with van der Waals surface area (Å²) in [6.07, 6.45) is 5.55. The molecule has 0 saturated carbocycles. The molecule has 0 amide bonds. The van der Waals surface area contributed by atoms with Gasteiger partial charge in [0.2, 0.25) is 0 Å². The molecule has 3 heterocycles. The first-order valence-corrected chi connectivity index (χ1v) is 6.92. The van der Waals surface area contributed by atoms with Crippen molar-refractivity contribution >= 4 is 32.7 Å². The number of halogens is 1. The average molecular weight is 308 g/mol. The number of nitrogens with one attached hydrogen (secondary N) is 2. The van der Waals surface area contributed by atoms with Crippen LogP contribution < -0.4 is 5.32 Å². The summed E-state index contributed by atoms with van der Waals surface area (Å²) in [5, 5.41) is 4.18. The number of aromatic nitrogens is 2. The fourth-order valence-corrected chi connectivity index (χ4v) is 2.81. The maximum absolute atomic E-state index is 12.5. The molecular formula is C13H14BrN3O. The number of Topliss-reactive ketones (excluding diaryl/α,β-unsaturated/α-hetero) is 1. The van der Waals surface area contributed by atoms with Gasteiger partial charge in [-0.2, -0.15) is 0 Å². The van der Waals surface area contributed by atoms with E-state index in [0.717, 1.165) is 47.0 Å². The van der Waals surface area contributed by atoms with Crippen molar-refractivity contribution in [1.82, 2.24) is 15.3 Å². The summed E-state index contributed by atoms with van der Waals surface area (Å²) in [5.74, 6) is 0.310. The Morgan fingerprint density at radius 3 is 3.17 bits per heavy atom. The molecule has 5 heteroatoms. The third-order valence-corrected chi connectivity index (χ3v) is 3.86. The zero-order chi connectivity index (χ0) is 12.5. The number of hydrogen-bond acceptors (Lipinski definition) is 3. The number of ketones is 1. The Morgan fingerprint density at radius 2 is 2.39 bits per heavy atom. The van der Waals surface area contributed by atoms with E-state index >= 15 is 0 Å². The van der Waals surface area contributed by atoms with Crippen molar-refractivity contribution < 1.29 is 4.79 Å². The lowest BCUT2D eigenvalue weighted by Crippen LogP contribution is -2.34. The molecule has 94 valence electrons. The highest BCUT2D eigenvalue weighted by molar-refractivity contribution is 9.10. The fraction of sp³-hybridized carbons (Fsp3) is 0.385. The summed E-state index contributed by atoms with van der Waals surface area (Å²) in [7, 11) is 0. The lowest BCUT2D eigenvalue weighted by atomic mass is 9.91. The highest BCUT2D eigenvalue weighted by atomic mass is 79.9. The van der Waals surface area contributed by atoms with Crippen molar-refractivity contribution in [2.45, 2.75) is 12.8 Å². The highest BCUT2D eigenvalue weighted by Crippen LogP contribution is 2.24. The molecule has 1 unspecified atom stereocenters. The van der Waals surface area contributed by atoms with Gasteiger partial charge < -0.3 is 10.3 Å². The lowest BCUT2D eigenvalue weighted by molar-refractivity contribution is 0.0901. The summed E-state index contributed by atoms with van der Waals surface area (Å²) in [6, 6.07) is 1.95. The van der Waals surface area contributed by atoms with Gasteiger partial charge in [0, 0.05) is 40.3 Å². The number of pyridine rings is 1. The molecule has 0 aliphatic carbocycles. The first-order valence-electron chi connectivity index (χ1n) is 6.13. The smallest absolute Gasteiger partial charge is 0.169 e. The fourth-order valence-electron chi connectivity index (χ4n) is 2.48. The molecule has 18 heavy (non-hydrogen) atoms. The Labute approximate surface area is 113 Å². The van der Waals surface area contributed by atoms with Crippen LogP contribution in [0.25, 0.3) is 11.0 Å². The van der Waals surface area contributed by atoms with Gasteiger partial charge >= 0.3 is 0 Å². The Kier molecular flexibility index (Phi) is 3.18. The summed E-state index contributed by atoms with van der Waals surface area (Å²) in [4.78, 5) is 19.8. The molecule has 0 bridgehead atoms. The van der Waals surface area contributed by atoms with Crippen LogP contribution in [-0.4, -0.2) is 28.8 Å². The molecule has 0 aromatic carbocycles. The van der Waals surface area contributed by atoms with E-state index < -0.39 is 0 Å². The van der Waals surface area contributed by atoms with E-state index in [-0.39, 0.29) is 11.7 Å². The molecule has 3 rings (SSSR count). The molecule has 0 radical (unpaired) electrons. The molecule has 1 aliphatic rings. The zero-order valence-electron chi connectivity index (χ0n) is 9.87. The first kappa shape index (κ1) is 11.9. The SMILES string of the molecule is O=C(c1c[nH]c2ncc(Br)cc12)C1CCCNC1. The Hall–Kier alpha value is -1.20. The number of hydrogen-bond donors (Lipinski definition) is 2. The molecule has 1 fully saturated rings. The van der Waals surface area contributed by atoms with E-state index in [1.54, 1.807) is 12.4 Å². The van der Waals surface area contributed by atoms with E-state index in [0.29, 0.717) is 0 Å². The minimum atomic E-state index is 0.0942. The van der Waals surface area contributed by atoms with Crippen molar-refractivity contribution in [2.75, 3.05) is 13.1 Å². The Balaban J connectivity index is 1.98. The van der Waals surface area contributed by atoms with Crippen molar-refractivity contribution in [3.63, 3.8) is 0 Å². The standard InChI is InChI=1S/C13H14BrN3O/c14-9-4-10-11(7-17-13(10)16-6-9)12(18)8-2-1-3-15-5-8/h4,6-8,15H,1-3,5H2,(H,16,17). The monoisotopic (exact) mass is 307 g/mol. The number of nitrogens with zero attached hydrogens (tertiary/aromatic N) is 1. The zero-order valence-corrected chi connectivity index (χ0v) is 11.5. The van der Waals surface area contributed by atoms with Gasteiger partial charge in [0.15, 0.2) is 5.78 Å². The molecule has 4 nitrogen and oxygen atoms in total. The van der Waals surface area contributed by atoms with Crippen LogP contribution in [0.15, 0.2) is 22.9 Å². The van der Waals surface area contributed by atoms with Crippen LogP contribution in [-0.2, 0) is 0 Å². The number of piperidine rings is 1. The van der Waals surface area contributed by atoms with E-state index in [1.807, 2.05) is 6.07 Å². The van der Waals surface area contributed by atoms with Gasteiger partial charge in [-0.05, 0) is 41.4 Å². The van der Waals surface area contributed by atoms with Crippen LogP contribution in [0, 0.1) is 5.92 Å². The molecule has 0 spiro atoms. The summed E-state index contributed by atoms with van der Waals surface area (Å²) >= 11 is 3.40. The molecular weight excluding hydrogens is 294 g/mol. The number of carbonyl (C=O) groups is 1. The van der Waals surface area contributed by atoms with Gasteiger partial charge in [-0.3, -0.25) is 4.79 Å². The number of rotatable bonds is 2. The van der Waals surface area contributed by atoms with E-state index in [2.05, 4.69) is 31.2 Å². The average Bonchev–Trinajstić information content (AvgIpc) is 2.82. The highest BCUT2D eigenvalue weighted by Gasteiger charge is 2.24. The normalized spacial score (nSPS) is 20.2. The summed E-state index contributed by atoms with van der Waals surface area (Å²) < 4.78 is 0.894. The molecule has 2 aromatic heterocycles. The molecule has 2 N–H and O–H groups in total. The van der Waals surface area contributed by atoms with Crippen LogP contribution >= 0.6 is 15.9 Å². The molecule has 1 saturated heterocycles. The van der Waals surface area contributed by atoms with Gasteiger partial charge in [0.05, 0.1) is 0 Å². The number of aromatic amines is 1. The summed E-state index contributed by atoms with van der Waals surface area (Å²) in [5.41, 5.74) is 1.53. The van der Waals surface area contributed by atoms with E-state index in [4.69, 9.17) is 0 Å². The van der Waals surface area contributed by atoms with Gasteiger partial charge in [0.1, 0.15) is 5.65 Å². The maximum atomic E-state index is 12.5. The van der Waals surface area contributed by atoms with Crippen LogP contribution in [0.2, 0.25) is 0 Å². The van der Waals surface area contributed by atoms with Crippen LogP contribution in [0.5, 0.6) is 0 Å². The maximum Gasteiger partial charge on any atom is 0.169 e. The number of carbonyl (C=O) groups excluding carboxylic acids is 1. The van der Waals surface area contributed by atoms with Crippen LogP contribution in [0.4, 0.5) is 0 Å². The molecule has 1 atom stereocenters. The first-order chi connectivity index (χ1) is 8.75. The minimum Gasteiger partial charge on any atom is -0.345 e. The third-order valence-electron chi connectivity index (χ3n) is 3.43. The predicted molar refractivity (Wildman–Crippen MR) is 73.7 cm³/mol. The van der Waals surface area contributed by atoms with Gasteiger partial charge in [-0.15, -0.1) is 0 Å². The van der Waals surface area contributed by atoms with E-state index in [9.17, 15) is 4.79 Å². The quantitative estimate of drug-likeness (QED) is 0.838. The van der Waals surface area contributed by atoms with Crippen LogP contribution in [0.3, 0.4) is 0 Å². The largest absolute Gasteiger partial charge is 0.345 e. The number of fused-ring (bicyclic) bond motifs is 1. The second kappa shape index (κ2) is 4.82. The molecule has 1 aliphatic heterocycles. The van der Waals surface area contributed by atoms with Crippen LogP contribution in [0.1, 0.15) is 23.2 Å². The van der Waals surface area contributed by atoms with Gasteiger partial charge in [-0.25, -0.2) is 4.98 Å². The van der Waals surface area contributed by atoms with Crippen molar-refractivity contribution in [1.29, 1.82) is 0 Å².